The van der Waals surface area contributed by atoms with Gasteiger partial charge in [0.25, 0.3) is 0 Å². The molecule has 0 unspecified atom stereocenters. The molecule has 3 heteroatoms. The molecule has 0 radical (unpaired) electrons. The molecule has 0 amide bonds. The monoisotopic (exact) mass is 234 g/mol. The predicted molar refractivity (Wildman–Crippen MR) is 67.9 cm³/mol. The van der Waals surface area contributed by atoms with Gasteiger partial charge in [-0.15, -0.1) is 0 Å². The van der Waals surface area contributed by atoms with Gasteiger partial charge in [0.05, 0.1) is 19.6 Å². The Balaban J connectivity index is 2.72. The van der Waals surface area contributed by atoms with Crippen molar-refractivity contribution < 1.29 is 14.3 Å². The van der Waals surface area contributed by atoms with Gasteiger partial charge in [-0.05, 0) is 19.9 Å². The summed E-state index contributed by atoms with van der Waals surface area (Å²) in [5, 5.41) is 0. The van der Waals surface area contributed by atoms with E-state index in [4.69, 9.17) is 4.74 Å². The average Bonchev–Trinajstić information content (AvgIpc) is 2.30. The number of benzene rings is 1. The third-order valence-electron chi connectivity index (χ3n) is 2.09. The van der Waals surface area contributed by atoms with Crippen LogP contribution in [0.4, 0.5) is 0 Å². The summed E-state index contributed by atoms with van der Waals surface area (Å²) in [4.78, 5) is 11.0. The number of hydrogen-bond acceptors (Lipinski definition) is 3. The SMILES string of the molecule is COC(=O)CC=Cc1ccccc1OC(C)C. The van der Waals surface area contributed by atoms with Crippen LogP contribution in [0.3, 0.4) is 0 Å². The molecule has 0 saturated carbocycles. The second-order valence-electron chi connectivity index (χ2n) is 3.89. The van der Waals surface area contributed by atoms with Crippen LogP contribution in [-0.4, -0.2) is 19.2 Å². The smallest absolute Gasteiger partial charge is 0.309 e. The van der Waals surface area contributed by atoms with Crippen LogP contribution in [0, 0.1) is 0 Å². The van der Waals surface area contributed by atoms with Crippen LogP contribution in [0.1, 0.15) is 25.8 Å². The lowest BCUT2D eigenvalue weighted by atomic mass is 10.1. The van der Waals surface area contributed by atoms with Crippen molar-refractivity contribution >= 4 is 12.0 Å². The van der Waals surface area contributed by atoms with E-state index in [1.165, 1.54) is 7.11 Å². The Bertz CT molecular complexity index is 394. The highest BCUT2D eigenvalue weighted by Gasteiger charge is 2.02. The number of para-hydroxylation sites is 1. The van der Waals surface area contributed by atoms with E-state index in [1.807, 2.05) is 44.2 Å². The Labute approximate surface area is 102 Å². The Morgan fingerprint density at radius 1 is 1.35 bits per heavy atom. The van der Waals surface area contributed by atoms with Crippen molar-refractivity contribution in [2.45, 2.75) is 26.4 Å². The molecule has 0 spiro atoms. The van der Waals surface area contributed by atoms with Crippen LogP contribution < -0.4 is 4.74 Å². The first-order chi connectivity index (χ1) is 8.13. The lowest BCUT2D eigenvalue weighted by molar-refractivity contribution is -0.139. The maximum atomic E-state index is 11.0. The van der Waals surface area contributed by atoms with Crippen LogP contribution >= 0.6 is 0 Å². The van der Waals surface area contributed by atoms with E-state index in [1.54, 1.807) is 6.08 Å². The number of esters is 1. The second kappa shape index (κ2) is 6.74. The average molecular weight is 234 g/mol. The Hall–Kier alpha value is -1.77. The van der Waals surface area contributed by atoms with Crippen molar-refractivity contribution in [3.05, 3.63) is 35.9 Å². The van der Waals surface area contributed by atoms with E-state index in [9.17, 15) is 4.79 Å². The van der Waals surface area contributed by atoms with Gasteiger partial charge in [-0.1, -0.05) is 30.4 Å². The van der Waals surface area contributed by atoms with Crippen molar-refractivity contribution in [2.75, 3.05) is 7.11 Å². The third-order valence-corrected chi connectivity index (χ3v) is 2.09. The van der Waals surface area contributed by atoms with Crippen molar-refractivity contribution in [3.8, 4) is 5.75 Å². The molecule has 17 heavy (non-hydrogen) atoms. The number of carbonyl (C=O) groups is 1. The maximum Gasteiger partial charge on any atom is 0.309 e. The highest BCUT2D eigenvalue weighted by Crippen LogP contribution is 2.20. The standard InChI is InChI=1S/C14H18O3/c1-11(2)17-13-9-5-4-7-12(13)8-6-10-14(15)16-3/h4-9,11H,10H2,1-3H3. The lowest BCUT2D eigenvalue weighted by Crippen LogP contribution is -2.06. The number of hydrogen-bond donors (Lipinski definition) is 0. The zero-order chi connectivity index (χ0) is 12.7. The predicted octanol–water partition coefficient (Wildman–Crippen LogP) is 3.05. The lowest BCUT2D eigenvalue weighted by Gasteiger charge is -2.11. The minimum Gasteiger partial charge on any atom is -0.490 e. The Morgan fingerprint density at radius 2 is 2.06 bits per heavy atom. The second-order valence-corrected chi connectivity index (χ2v) is 3.89. The Morgan fingerprint density at radius 3 is 2.71 bits per heavy atom. The van der Waals surface area contributed by atoms with Gasteiger partial charge < -0.3 is 9.47 Å². The molecule has 0 saturated heterocycles. The molecule has 0 N–H and O–H groups in total. The minimum atomic E-state index is -0.247. The fourth-order valence-corrected chi connectivity index (χ4v) is 1.34. The van der Waals surface area contributed by atoms with E-state index >= 15 is 0 Å². The highest BCUT2D eigenvalue weighted by molar-refractivity contribution is 5.72. The molecule has 92 valence electrons. The summed E-state index contributed by atoms with van der Waals surface area (Å²) < 4.78 is 10.2. The molecule has 0 atom stereocenters. The van der Waals surface area contributed by atoms with Crippen molar-refractivity contribution in [2.24, 2.45) is 0 Å². The van der Waals surface area contributed by atoms with E-state index in [0.717, 1.165) is 11.3 Å². The molecule has 0 bridgehead atoms. The van der Waals surface area contributed by atoms with Gasteiger partial charge in [0, 0.05) is 5.56 Å². The van der Waals surface area contributed by atoms with Gasteiger partial charge in [0.2, 0.25) is 0 Å². The van der Waals surface area contributed by atoms with Crippen LogP contribution in [-0.2, 0) is 9.53 Å². The maximum absolute atomic E-state index is 11.0. The first kappa shape index (κ1) is 13.3. The van der Waals surface area contributed by atoms with Gasteiger partial charge in [-0.25, -0.2) is 0 Å². The summed E-state index contributed by atoms with van der Waals surface area (Å²) in [6, 6.07) is 7.73. The van der Waals surface area contributed by atoms with Gasteiger partial charge >= 0.3 is 5.97 Å². The quantitative estimate of drug-likeness (QED) is 0.734. The van der Waals surface area contributed by atoms with E-state index in [-0.39, 0.29) is 18.5 Å². The van der Waals surface area contributed by atoms with Crippen LogP contribution in [0.25, 0.3) is 6.08 Å². The minimum absolute atomic E-state index is 0.130. The summed E-state index contributed by atoms with van der Waals surface area (Å²) in [5.41, 5.74) is 0.963. The highest BCUT2D eigenvalue weighted by atomic mass is 16.5. The summed E-state index contributed by atoms with van der Waals surface area (Å²) in [7, 11) is 1.38. The molecule has 1 aromatic rings. The summed E-state index contributed by atoms with van der Waals surface area (Å²) >= 11 is 0. The first-order valence-electron chi connectivity index (χ1n) is 5.62. The molecular formula is C14H18O3. The van der Waals surface area contributed by atoms with Gasteiger partial charge in [-0.2, -0.15) is 0 Å². The van der Waals surface area contributed by atoms with Crippen LogP contribution in [0.2, 0.25) is 0 Å². The van der Waals surface area contributed by atoms with Crippen molar-refractivity contribution in [1.29, 1.82) is 0 Å². The fraction of sp³-hybridized carbons (Fsp3) is 0.357. The molecular weight excluding hydrogens is 216 g/mol. The zero-order valence-electron chi connectivity index (χ0n) is 10.5. The molecule has 1 aromatic carbocycles. The molecule has 1 rings (SSSR count). The number of ether oxygens (including phenoxy) is 2. The van der Waals surface area contributed by atoms with Crippen molar-refractivity contribution in [3.63, 3.8) is 0 Å². The van der Waals surface area contributed by atoms with Crippen LogP contribution in [0.15, 0.2) is 30.3 Å². The summed E-state index contributed by atoms with van der Waals surface area (Å²) in [5.74, 6) is 0.576. The number of rotatable bonds is 5. The van der Waals surface area contributed by atoms with E-state index in [2.05, 4.69) is 4.74 Å². The normalized spacial score (nSPS) is 10.8. The molecule has 0 fully saturated rings. The molecule has 0 aliphatic heterocycles. The van der Waals surface area contributed by atoms with Crippen LogP contribution in [0.5, 0.6) is 5.75 Å². The topological polar surface area (TPSA) is 35.5 Å². The summed E-state index contributed by atoms with van der Waals surface area (Å²) in [6.45, 7) is 3.96. The third kappa shape index (κ3) is 4.72. The summed E-state index contributed by atoms with van der Waals surface area (Å²) in [6.07, 6.45) is 4.04. The molecule has 0 heterocycles. The number of carbonyl (C=O) groups excluding carboxylic acids is 1. The van der Waals surface area contributed by atoms with E-state index in [0.29, 0.717) is 0 Å². The molecule has 0 aromatic heterocycles. The van der Waals surface area contributed by atoms with Crippen molar-refractivity contribution in [1.82, 2.24) is 0 Å². The van der Waals surface area contributed by atoms with E-state index < -0.39 is 0 Å². The molecule has 0 aliphatic rings. The molecule has 3 nitrogen and oxygen atoms in total. The first-order valence-corrected chi connectivity index (χ1v) is 5.62. The molecule has 0 aliphatic carbocycles. The Kier molecular flexibility index (Phi) is 5.27. The largest absolute Gasteiger partial charge is 0.490 e. The van der Waals surface area contributed by atoms with Gasteiger partial charge in [-0.3, -0.25) is 4.79 Å². The zero-order valence-corrected chi connectivity index (χ0v) is 10.5. The van der Waals surface area contributed by atoms with Gasteiger partial charge in [0.1, 0.15) is 5.75 Å². The van der Waals surface area contributed by atoms with Gasteiger partial charge in [0.15, 0.2) is 0 Å². The fourth-order valence-electron chi connectivity index (χ4n) is 1.34. The number of methoxy groups -OCH3 is 1.